The summed E-state index contributed by atoms with van der Waals surface area (Å²) >= 11 is 0. The summed E-state index contributed by atoms with van der Waals surface area (Å²) in [6, 6.07) is 8.43. The fourth-order valence-electron chi connectivity index (χ4n) is 4.64. The molecule has 0 saturated carbocycles. The maximum absolute atomic E-state index is 5.60. The molecule has 0 radical (unpaired) electrons. The van der Waals surface area contributed by atoms with Gasteiger partial charge in [0.15, 0.2) is 34.4 Å². The highest BCUT2D eigenvalue weighted by atomic mass is 35.5. The fourth-order valence-corrected chi connectivity index (χ4v) is 4.64. The maximum atomic E-state index is 5.60. The predicted octanol–water partition coefficient (Wildman–Crippen LogP) is 0.260. The fraction of sp³-hybridized carbons (Fsp3) is 0.348. The molecule has 3 aromatic rings. The van der Waals surface area contributed by atoms with E-state index in [9.17, 15) is 0 Å². The van der Waals surface area contributed by atoms with Crippen molar-refractivity contribution in [1.29, 1.82) is 0 Å². The first-order valence-electron chi connectivity index (χ1n) is 9.81. The van der Waals surface area contributed by atoms with Gasteiger partial charge in [-0.2, -0.15) is 0 Å². The SMILES string of the molecule is COc1cc2c(cc1OC)-c1c3[n+](cn1CC2)CCc1cc(OC)c(OC)cc1-3.[Cl-]. The van der Waals surface area contributed by atoms with E-state index in [0.717, 1.165) is 48.9 Å². The standard InChI is InChI=1S/C23H25N2O4.ClH/c1-26-18-9-14-5-7-24-13-25-8-6-15-10-19(27-2)21(29-4)12-17(15)23(25)22(24)16(14)11-20(18)28-3;/h9-13H,5-8H2,1-4H3;1H/q+1;/p-1. The van der Waals surface area contributed by atoms with Crippen LogP contribution in [0.2, 0.25) is 0 Å². The summed E-state index contributed by atoms with van der Waals surface area (Å²) in [7, 11) is 6.73. The lowest BCUT2D eigenvalue weighted by molar-refractivity contribution is -0.687. The zero-order valence-corrected chi connectivity index (χ0v) is 18.4. The van der Waals surface area contributed by atoms with Crippen molar-refractivity contribution < 1.29 is 35.9 Å². The number of rotatable bonds is 4. The lowest BCUT2D eigenvalue weighted by Crippen LogP contribution is -3.00. The smallest absolute Gasteiger partial charge is 0.244 e. The second-order valence-electron chi connectivity index (χ2n) is 7.43. The van der Waals surface area contributed by atoms with Crippen molar-refractivity contribution in [1.82, 2.24) is 4.57 Å². The number of benzene rings is 2. The molecule has 2 aliphatic rings. The van der Waals surface area contributed by atoms with Gasteiger partial charge >= 0.3 is 0 Å². The number of fused-ring (bicyclic) bond motifs is 7. The van der Waals surface area contributed by atoms with Crippen LogP contribution in [0.15, 0.2) is 30.6 Å². The molecule has 158 valence electrons. The van der Waals surface area contributed by atoms with E-state index >= 15 is 0 Å². The number of imidazole rings is 1. The van der Waals surface area contributed by atoms with Gasteiger partial charge in [0.1, 0.15) is 0 Å². The van der Waals surface area contributed by atoms with E-state index < -0.39 is 0 Å². The minimum absolute atomic E-state index is 0. The minimum Gasteiger partial charge on any atom is -1.00 e. The van der Waals surface area contributed by atoms with Crippen LogP contribution < -0.4 is 35.9 Å². The molecular formula is C23H25ClN2O4. The van der Waals surface area contributed by atoms with E-state index in [0.29, 0.717) is 0 Å². The molecule has 0 saturated heterocycles. The number of methoxy groups -OCH3 is 4. The summed E-state index contributed by atoms with van der Waals surface area (Å²) in [6.45, 7) is 1.89. The molecule has 0 fully saturated rings. The molecule has 0 aliphatic carbocycles. The third-order valence-corrected chi connectivity index (χ3v) is 6.05. The molecule has 5 rings (SSSR count). The van der Waals surface area contributed by atoms with Crippen LogP contribution in [0.5, 0.6) is 23.0 Å². The predicted molar refractivity (Wildman–Crippen MR) is 109 cm³/mol. The summed E-state index contributed by atoms with van der Waals surface area (Å²) in [5.41, 5.74) is 7.41. The van der Waals surface area contributed by atoms with Crippen molar-refractivity contribution in [2.75, 3.05) is 28.4 Å². The largest absolute Gasteiger partial charge is 1.00 e. The molecule has 1 aromatic heterocycles. The van der Waals surface area contributed by atoms with Gasteiger partial charge in [-0.1, -0.05) is 0 Å². The van der Waals surface area contributed by atoms with Gasteiger partial charge in [-0.15, -0.1) is 0 Å². The Morgan fingerprint density at radius 1 is 0.733 bits per heavy atom. The van der Waals surface area contributed by atoms with Crippen LogP contribution in [0, 0.1) is 0 Å². The molecule has 0 spiro atoms. The number of hydrogen-bond donors (Lipinski definition) is 0. The average molecular weight is 429 g/mol. The van der Waals surface area contributed by atoms with Gasteiger partial charge in [0.05, 0.1) is 41.5 Å². The lowest BCUT2D eigenvalue weighted by atomic mass is 9.91. The second-order valence-corrected chi connectivity index (χ2v) is 7.43. The Bertz CT molecular complexity index is 1040. The zero-order chi connectivity index (χ0) is 20.1. The van der Waals surface area contributed by atoms with Crippen molar-refractivity contribution in [3.05, 3.63) is 41.7 Å². The third kappa shape index (κ3) is 2.89. The monoisotopic (exact) mass is 428 g/mol. The molecule has 6 nitrogen and oxygen atoms in total. The van der Waals surface area contributed by atoms with E-state index in [1.54, 1.807) is 28.4 Å². The highest BCUT2D eigenvalue weighted by molar-refractivity contribution is 5.83. The van der Waals surface area contributed by atoms with Crippen LogP contribution in [0.1, 0.15) is 11.1 Å². The Balaban J connectivity index is 0.00000218. The van der Waals surface area contributed by atoms with Gasteiger partial charge in [0, 0.05) is 24.0 Å². The summed E-state index contributed by atoms with van der Waals surface area (Å²) in [6.07, 6.45) is 4.18. The van der Waals surface area contributed by atoms with Crippen molar-refractivity contribution in [2.45, 2.75) is 25.9 Å². The molecule has 7 heteroatoms. The van der Waals surface area contributed by atoms with Gasteiger partial charge < -0.3 is 31.4 Å². The first-order valence-corrected chi connectivity index (χ1v) is 9.81. The van der Waals surface area contributed by atoms with E-state index in [2.05, 4.69) is 39.7 Å². The maximum Gasteiger partial charge on any atom is 0.244 e. The van der Waals surface area contributed by atoms with Crippen LogP contribution in [0.25, 0.3) is 22.5 Å². The van der Waals surface area contributed by atoms with E-state index in [1.807, 2.05) is 0 Å². The van der Waals surface area contributed by atoms with Crippen LogP contribution in [0.3, 0.4) is 0 Å². The van der Waals surface area contributed by atoms with Gasteiger partial charge in [-0.05, 0) is 35.4 Å². The van der Waals surface area contributed by atoms with Gasteiger partial charge in [0.2, 0.25) is 6.33 Å². The van der Waals surface area contributed by atoms with Gasteiger partial charge in [0.25, 0.3) is 0 Å². The molecule has 0 atom stereocenters. The number of ether oxygens (including phenoxy) is 4. The minimum atomic E-state index is 0. The van der Waals surface area contributed by atoms with E-state index in [4.69, 9.17) is 18.9 Å². The molecule has 0 bridgehead atoms. The second kappa shape index (κ2) is 7.76. The molecule has 0 unspecified atom stereocenters. The van der Waals surface area contributed by atoms with Gasteiger partial charge in [-0.3, -0.25) is 0 Å². The lowest BCUT2D eigenvalue weighted by Gasteiger charge is -2.21. The van der Waals surface area contributed by atoms with Crippen LogP contribution in [-0.4, -0.2) is 33.0 Å². The summed E-state index contributed by atoms with van der Waals surface area (Å²) in [4.78, 5) is 0. The molecule has 2 aliphatic heterocycles. The molecule has 3 heterocycles. The number of halogens is 1. The molecule has 2 aromatic carbocycles. The first-order chi connectivity index (χ1) is 14.2. The first kappa shape index (κ1) is 20.4. The average Bonchev–Trinajstić information content (AvgIpc) is 3.16. The Morgan fingerprint density at radius 2 is 1.27 bits per heavy atom. The van der Waals surface area contributed by atoms with Crippen LogP contribution >= 0.6 is 0 Å². The highest BCUT2D eigenvalue weighted by Gasteiger charge is 2.35. The zero-order valence-electron chi connectivity index (χ0n) is 17.6. The number of hydrogen-bond acceptors (Lipinski definition) is 4. The van der Waals surface area contributed by atoms with Crippen LogP contribution in [0.4, 0.5) is 0 Å². The normalized spacial score (nSPS) is 13.2. The number of nitrogens with zero attached hydrogens (tertiary/aromatic N) is 2. The summed E-state index contributed by atoms with van der Waals surface area (Å²) in [5.74, 6) is 3.06. The molecule has 0 N–H and O–H groups in total. The highest BCUT2D eigenvalue weighted by Crippen LogP contribution is 2.45. The van der Waals surface area contributed by atoms with E-state index in [1.165, 1.54) is 33.6 Å². The number of aryl methyl sites for hydroxylation is 4. The van der Waals surface area contributed by atoms with Crippen LogP contribution in [-0.2, 0) is 25.9 Å². The van der Waals surface area contributed by atoms with Crippen molar-refractivity contribution in [3.8, 4) is 45.5 Å². The van der Waals surface area contributed by atoms with Gasteiger partial charge in [-0.25, -0.2) is 9.13 Å². The van der Waals surface area contributed by atoms with Crippen molar-refractivity contribution >= 4 is 0 Å². The third-order valence-electron chi connectivity index (χ3n) is 6.05. The topological polar surface area (TPSA) is 45.7 Å². The molecule has 30 heavy (non-hydrogen) atoms. The molecule has 0 amide bonds. The summed E-state index contributed by atoms with van der Waals surface area (Å²) in [5, 5.41) is 0. The van der Waals surface area contributed by atoms with Crippen molar-refractivity contribution in [3.63, 3.8) is 0 Å². The Morgan fingerprint density at radius 3 is 1.87 bits per heavy atom. The Labute approximate surface area is 182 Å². The Hall–Kier alpha value is -2.86. The quantitative estimate of drug-likeness (QED) is 0.559. The Kier molecular flexibility index (Phi) is 5.28. The molecular weight excluding hydrogens is 404 g/mol. The summed E-state index contributed by atoms with van der Waals surface area (Å²) < 4.78 is 27.0. The number of aromatic nitrogens is 2. The van der Waals surface area contributed by atoms with E-state index in [-0.39, 0.29) is 12.4 Å². The van der Waals surface area contributed by atoms with Crippen molar-refractivity contribution in [2.24, 2.45) is 0 Å².